The molecule has 0 fully saturated rings. The Kier molecular flexibility index (Phi) is 3.00. The first-order valence-corrected chi connectivity index (χ1v) is 6.68. The van der Waals surface area contributed by atoms with E-state index < -0.39 is 0 Å². The zero-order valence-corrected chi connectivity index (χ0v) is 11.2. The molecule has 1 N–H and O–H groups in total. The molecule has 1 aliphatic heterocycles. The van der Waals surface area contributed by atoms with Gasteiger partial charge in [-0.2, -0.15) is 0 Å². The number of allylic oxidation sites excluding steroid dienone is 1. The predicted octanol–water partition coefficient (Wildman–Crippen LogP) is 4.33. The molecule has 2 aromatic carbocycles. The second-order valence-corrected chi connectivity index (χ2v) is 4.82. The molecule has 0 aliphatic carbocycles. The monoisotopic (exact) mass is 250 g/mol. The molecule has 0 saturated heterocycles. The summed E-state index contributed by atoms with van der Waals surface area (Å²) in [6.45, 7) is 7.29. The summed E-state index contributed by atoms with van der Waals surface area (Å²) in [5.41, 5.74) is 6.09. The first-order valence-electron chi connectivity index (χ1n) is 6.68. The van der Waals surface area contributed by atoms with Crippen molar-refractivity contribution in [2.75, 3.05) is 16.8 Å². The van der Waals surface area contributed by atoms with Crippen LogP contribution in [0.1, 0.15) is 12.5 Å². The van der Waals surface area contributed by atoms with Crippen LogP contribution in [0.3, 0.4) is 0 Å². The molecule has 1 heterocycles. The Balaban J connectivity index is 1.87. The van der Waals surface area contributed by atoms with Gasteiger partial charge in [0.1, 0.15) is 0 Å². The minimum Gasteiger partial charge on any atom is -0.356 e. The lowest BCUT2D eigenvalue weighted by atomic mass is 10.1. The standard InChI is InChI=1S/C17H18N2/c1-3-19-13(2)11-14-12-16(9-10-17(14)19)18-15-7-5-4-6-8-15/h4-10,12,18H,2-3,11H2,1H3. The van der Waals surface area contributed by atoms with Gasteiger partial charge < -0.3 is 10.2 Å². The Morgan fingerprint density at radius 2 is 1.89 bits per heavy atom. The second-order valence-electron chi connectivity index (χ2n) is 4.82. The maximum absolute atomic E-state index is 4.14. The van der Waals surface area contributed by atoms with Gasteiger partial charge in [-0.05, 0) is 42.8 Å². The number of nitrogens with zero attached hydrogens (tertiary/aromatic N) is 1. The van der Waals surface area contributed by atoms with E-state index in [-0.39, 0.29) is 0 Å². The van der Waals surface area contributed by atoms with Crippen molar-refractivity contribution in [2.45, 2.75) is 13.3 Å². The number of benzene rings is 2. The van der Waals surface area contributed by atoms with Crippen molar-refractivity contribution in [3.8, 4) is 0 Å². The first kappa shape index (κ1) is 11.8. The fourth-order valence-corrected chi connectivity index (χ4v) is 2.64. The molecular formula is C17H18N2. The van der Waals surface area contributed by atoms with Crippen molar-refractivity contribution < 1.29 is 0 Å². The summed E-state index contributed by atoms with van der Waals surface area (Å²) in [4.78, 5) is 2.28. The van der Waals surface area contributed by atoms with Crippen molar-refractivity contribution in [2.24, 2.45) is 0 Å². The lowest BCUT2D eigenvalue weighted by Gasteiger charge is -2.18. The topological polar surface area (TPSA) is 15.3 Å². The summed E-state index contributed by atoms with van der Waals surface area (Å²) in [6, 6.07) is 16.8. The summed E-state index contributed by atoms with van der Waals surface area (Å²) in [5, 5.41) is 3.43. The van der Waals surface area contributed by atoms with Gasteiger partial charge in [0.05, 0.1) is 0 Å². The van der Waals surface area contributed by atoms with Crippen LogP contribution in [0, 0.1) is 0 Å². The van der Waals surface area contributed by atoms with Crippen molar-refractivity contribution in [3.05, 3.63) is 66.4 Å². The molecule has 3 rings (SSSR count). The number of nitrogens with one attached hydrogen (secondary N) is 1. The highest BCUT2D eigenvalue weighted by Gasteiger charge is 2.21. The third-order valence-corrected chi connectivity index (χ3v) is 3.53. The lowest BCUT2D eigenvalue weighted by molar-refractivity contribution is 0.972. The highest BCUT2D eigenvalue weighted by Crippen LogP contribution is 2.35. The Labute approximate surface area is 114 Å². The van der Waals surface area contributed by atoms with Gasteiger partial charge in [0.25, 0.3) is 0 Å². The smallest absolute Gasteiger partial charge is 0.0446 e. The fraction of sp³-hybridized carbons (Fsp3) is 0.176. The van der Waals surface area contributed by atoms with E-state index >= 15 is 0 Å². The van der Waals surface area contributed by atoms with E-state index in [9.17, 15) is 0 Å². The van der Waals surface area contributed by atoms with Crippen LogP contribution in [0.4, 0.5) is 17.1 Å². The zero-order chi connectivity index (χ0) is 13.2. The third-order valence-electron chi connectivity index (χ3n) is 3.53. The molecule has 1 aliphatic rings. The Morgan fingerprint density at radius 1 is 1.11 bits per heavy atom. The minimum absolute atomic E-state index is 0.952. The largest absolute Gasteiger partial charge is 0.356 e. The normalized spacial score (nSPS) is 13.5. The average molecular weight is 250 g/mol. The van der Waals surface area contributed by atoms with Crippen molar-refractivity contribution in [1.82, 2.24) is 0 Å². The quantitative estimate of drug-likeness (QED) is 0.872. The summed E-state index contributed by atoms with van der Waals surface area (Å²) in [7, 11) is 0. The zero-order valence-electron chi connectivity index (χ0n) is 11.2. The van der Waals surface area contributed by atoms with Gasteiger partial charge in [0.2, 0.25) is 0 Å². The number of fused-ring (bicyclic) bond motifs is 1. The fourth-order valence-electron chi connectivity index (χ4n) is 2.64. The summed E-state index contributed by atoms with van der Waals surface area (Å²) in [5.74, 6) is 0. The predicted molar refractivity (Wildman–Crippen MR) is 82.0 cm³/mol. The van der Waals surface area contributed by atoms with Crippen molar-refractivity contribution in [3.63, 3.8) is 0 Å². The number of para-hydroxylation sites is 1. The number of anilines is 3. The van der Waals surface area contributed by atoms with Gasteiger partial charge in [-0.1, -0.05) is 24.8 Å². The molecule has 0 spiro atoms. The number of likely N-dealkylation sites (N-methyl/N-ethyl adjacent to an activating group) is 1. The molecule has 0 amide bonds. The molecule has 19 heavy (non-hydrogen) atoms. The highest BCUT2D eigenvalue weighted by atomic mass is 15.2. The van der Waals surface area contributed by atoms with Crippen LogP contribution >= 0.6 is 0 Å². The molecule has 0 saturated carbocycles. The van der Waals surface area contributed by atoms with Crippen molar-refractivity contribution >= 4 is 17.1 Å². The van der Waals surface area contributed by atoms with E-state index in [1.54, 1.807) is 0 Å². The maximum Gasteiger partial charge on any atom is 0.0446 e. The summed E-state index contributed by atoms with van der Waals surface area (Å²) >= 11 is 0. The van der Waals surface area contributed by atoms with Gasteiger partial charge in [-0.15, -0.1) is 0 Å². The number of rotatable bonds is 3. The molecule has 2 aromatic rings. The van der Waals surface area contributed by atoms with Gasteiger partial charge in [0.15, 0.2) is 0 Å². The van der Waals surface area contributed by atoms with Gasteiger partial charge in [0, 0.05) is 35.7 Å². The average Bonchev–Trinajstić information content (AvgIpc) is 2.74. The van der Waals surface area contributed by atoms with Gasteiger partial charge in [-0.3, -0.25) is 0 Å². The summed E-state index contributed by atoms with van der Waals surface area (Å²) in [6.07, 6.45) is 0.952. The lowest BCUT2D eigenvalue weighted by Crippen LogP contribution is -2.16. The van der Waals surface area contributed by atoms with Crippen LogP contribution in [0.5, 0.6) is 0 Å². The molecule has 2 nitrogen and oxygen atoms in total. The van der Waals surface area contributed by atoms with E-state index in [1.165, 1.54) is 16.9 Å². The van der Waals surface area contributed by atoms with E-state index in [2.05, 4.69) is 54.1 Å². The molecule has 0 aromatic heterocycles. The summed E-state index contributed by atoms with van der Waals surface area (Å²) < 4.78 is 0. The molecule has 0 radical (unpaired) electrons. The first-order chi connectivity index (χ1) is 9.28. The van der Waals surface area contributed by atoms with Crippen LogP contribution in [0.15, 0.2) is 60.8 Å². The maximum atomic E-state index is 4.14. The van der Waals surface area contributed by atoms with Crippen molar-refractivity contribution in [1.29, 1.82) is 0 Å². The van der Waals surface area contributed by atoms with Crippen LogP contribution in [0.25, 0.3) is 0 Å². The van der Waals surface area contributed by atoms with E-state index in [1.807, 2.05) is 18.2 Å². The Bertz CT molecular complexity index is 602. The van der Waals surface area contributed by atoms with E-state index in [4.69, 9.17) is 0 Å². The number of hydrogen-bond donors (Lipinski definition) is 1. The third kappa shape index (κ3) is 2.22. The van der Waals surface area contributed by atoms with Crippen LogP contribution in [-0.4, -0.2) is 6.54 Å². The van der Waals surface area contributed by atoms with Crippen LogP contribution in [0.2, 0.25) is 0 Å². The molecule has 96 valence electrons. The van der Waals surface area contributed by atoms with Crippen LogP contribution in [-0.2, 0) is 6.42 Å². The molecule has 2 heteroatoms. The number of hydrogen-bond acceptors (Lipinski definition) is 2. The second kappa shape index (κ2) is 4.81. The Hall–Kier alpha value is -2.22. The molecule has 0 atom stereocenters. The SMILES string of the molecule is C=C1Cc2cc(Nc3ccccc3)ccc2N1CC. The Morgan fingerprint density at radius 3 is 2.63 bits per heavy atom. The van der Waals surface area contributed by atoms with Crippen LogP contribution < -0.4 is 10.2 Å². The molecule has 0 unspecified atom stereocenters. The van der Waals surface area contributed by atoms with E-state index in [0.29, 0.717) is 0 Å². The molecule has 0 bridgehead atoms. The highest BCUT2D eigenvalue weighted by molar-refractivity contribution is 5.71. The van der Waals surface area contributed by atoms with Gasteiger partial charge >= 0.3 is 0 Å². The molecular weight excluding hydrogens is 232 g/mol. The minimum atomic E-state index is 0.952. The van der Waals surface area contributed by atoms with Gasteiger partial charge in [-0.25, -0.2) is 0 Å². The van der Waals surface area contributed by atoms with E-state index in [0.717, 1.165) is 24.3 Å².